The fourth-order valence-corrected chi connectivity index (χ4v) is 2.77. The fraction of sp³-hybridized carbons (Fsp3) is 0.300. The molecule has 1 aromatic carbocycles. The zero-order valence-corrected chi connectivity index (χ0v) is 14.8. The number of aromatic nitrogens is 3. The molecule has 3 rings (SSSR count). The lowest BCUT2D eigenvalue weighted by atomic mass is 10.0. The SMILES string of the molecule is Cc1cnccc1Cn1ccnc1-c1ccc(C(C)N(C)C)cc1. The van der Waals surface area contributed by atoms with Crippen LogP contribution < -0.4 is 0 Å². The van der Waals surface area contributed by atoms with E-state index in [9.17, 15) is 0 Å². The summed E-state index contributed by atoms with van der Waals surface area (Å²) in [7, 11) is 4.20. The third-order valence-corrected chi connectivity index (χ3v) is 4.62. The molecule has 2 heterocycles. The predicted octanol–water partition coefficient (Wildman–Crippen LogP) is 3.92. The van der Waals surface area contributed by atoms with Gasteiger partial charge in [0.15, 0.2) is 0 Å². The lowest BCUT2D eigenvalue weighted by Gasteiger charge is -2.20. The van der Waals surface area contributed by atoms with Crippen molar-refractivity contribution < 1.29 is 0 Å². The van der Waals surface area contributed by atoms with Crippen molar-refractivity contribution in [1.82, 2.24) is 19.4 Å². The van der Waals surface area contributed by atoms with E-state index < -0.39 is 0 Å². The quantitative estimate of drug-likeness (QED) is 0.714. The molecular formula is C20H24N4. The summed E-state index contributed by atoms with van der Waals surface area (Å²) in [6, 6.07) is 11.2. The van der Waals surface area contributed by atoms with Crippen LogP contribution >= 0.6 is 0 Å². The summed E-state index contributed by atoms with van der Waals surface area (Å²) >= 11 is 0. The van der Waals surface area contributed by atoms with Crippen LogP contribution in [0.3, 0.4) is 0 Å². The third-order valence-electron chi connectivity index (χ3n) is 4.62. The monoisotopic (exact) mass is 320 g/mol. The van der Waals surface area contributed by atoms with Gasteiger partial charge in [0, 0.05) is 42.9 Å². The van der Waals surface area contributed by atoms with Crippen LogP contribution in [-0.2, 0) is 6.54 Å². The Morgan fingerprint density at radius 2 is 1.83 bits per heavy atom. The average molecular weight is 320 g/mol. The van der Waals surface area contributed by atoms with Crippen LogP contribution in [0.2, 0.25) is 0 Å². The van der Waals surface area contributed by atoms with Crippen LogP contribution in [0.4, 0.5) is 0 Å². The Morgan fingerprint density at radius 1 is 1.08 bits per heavy atom. The highest BCUT2D eigenvalue weighted by atomic mass is 15.1. The van der Waals surface area contributed by atoms with E-state index in [1.54, 1.807) is 0 Å². The Hall–Kier alpha value is -2.46. The second-order valence-electron chi connectivity index (χ2n) is 6.44. The highest BCUT2D eigenvalue weighted by molar-refractivity contribution is 5.56. The van der Waals surface area contributed by atoms with Crippen LogP contribution in [0.5, 0.6) is 0 Å². The molecule has 124 valence electrons. The van der Waals surface area contributed by atoms with Gasteiger partial charge in [-0.1, -0.05) is 24.3 Å². The molecule has 4 heteroatoms. The smallest absolute Gasteiger partial charge is 0.140 e. The number of rotatable bonds is 5. The summed E-state index contributed by atoms with van der Waals surface area (Å²) in [5, 5.41) is 0. The second-order valence-corrected chi connectivity index (χ2v) is 6.44. The topological polar surface area (TPSA) is 34.0 Å². The van der Waals surface area contributed by atoms with Gasteiger partial charge >= 0.3 is 0 Å². The molecule has 0 aliphatic carbocycles. The minimum Gasteiger partial charge on any atom is -0.327 e. The van der Waals surface area contributed by atoms with Crippen LogP contribution in [0.1, 0.15) is 29.7 Å². The molecule has 1 atom stereocenters. The van der Waals surface area contributed by atoms with Crippen molar-refractivity contribution in [3.8, 4) is 11.4 Å². The van der Waals surface area contributed by atoms with Crippen LogP contribution in [0.25, 0.3) is 11.4 Å². The van der Waals surface area contributed by atoms with E-state index in [2.05, 4.69) is 77.7 Å². The van der Waals surface area contributed by atoms with Gasteiger partial charge in [0.2, 0.25) is 0 Å². The van der Waals surface area contributed by atoms with Crippen molar-refractivity contribution in [2.45, 2.75) is 26.4 Å². The van der Waals surface area contributed by atoms with E-state index in [0.717, 1.165) is 17.9 Å². The van der Waals surface area contributed by atoms with Crippen molar-refractivity contribution in [2.24, 2.45) is 0 Å². The normalized spacial score (nSPS) is 12.5. The van der Waals surface area contributed by atoms with Crippen LogP contribution in [-0.4, -0.2) is 33.5 Å². The number of aryl methyl sites for hydroxylation is 1. The first-order valence-electron chi connectivity index (χ1n) is 8.23. The van der Waals surface area contributed by atoms with E-state index >= 15 is 0 Å². The van der Waals surface area contributed by atoms with Gasteiger partial charge in [-0.05, 0) is 50.7 Å². The number of imidazole rings is 1. The molecule has 0 bridgehead atoms. The van der Waals surface area contributed by atoms with Crippen molar-refractivity contribution >= 4 is 0 Å². The minimum absolute atomic E-state index is 0.401. The third kappa shape index (κ3) is 3.39. The maximum Gasteiger partial charge on any atom is 0.140 e. The number of benzene rings is 1. The Morgan fingerprint density at radius 3 is 2.50 bits per heavy atom. The zero-order valence-electron chi connectivity index (χ0n) is 14.8. The van der Waals surface area contributed by atoms with Gasteiger partial charge in [0.05, 0.1) is 0 Å². The van der Waals surface area contributed by atoms with E-state index in [4.69, 9.17) is 0 Å². The molecule has 0 fully saturated rings. The second kappa shape index (κ2) is 6.97. The van der Waals surface area contributed by atoms with Crippen molar-refractivity contribution in [3.05, 3.63) is 71.8 Å². The highest BCUT2D eigenvalue weighted by Crippen LogP contribution is 2.23. The van der Waals surface area contributed by atoms with Crippen LogP contribution in [0, 0.1) is 6.92 Å². The maximum absolute atomic E-state index is 4.56. The molecule has 0 spiro atoms. The predicted molar refractivity (Wildman–Crippen MR) is 97.8 cm³/mol. The largest absolute Gasteiger partial charge is 0.327 e. The molecular weight excluding hydrogens is 296 g/mol. The van der Waals surface area contributed by atoms with Gasteiger partial charge in [-0.25, -0.2) is 4.98 Å². The standard InChI is InChI=1S/C20H24N4/c1-15-13-21-10-9-19(15)14-24-12-11-22-20(24)18-7-5-17(6-8-18)16(2)23(3)4/h5-13,16H,14H2,1-4H3. The van der Waals surface area contributed by atoms with Crippen LogP contribution in [0.15, 0.2) is 55.1 Å². The molecule has 0 saturated heterocycles. The zero-order chi connectivity index (χ0) is 17.1. The Bertz CT molecular complexity index is 803. The molecule has 3 aromatic rings. The van der Waals surface area contributed by atoms with Gasteiger partial charge in [0.25, 0.3) is 0 Å². The average Bonchev–Trinajstić information content (AvgIpc) is 3.04. The van der Waals surface area contributed by atoms with E-state index in [1.165, 1.54) is 16.7 Å². The van der Waals surface area contributed by atoms with E-state index in [-0.39, 0.29) is 0 Å². The van der Waals surface area contributed by atoms with Gasteiger partial charge in [-0.15, -0.1) is 0 Å². The lowest BCUT2D eigenvalue weighted by molar-refractivity contribution is 0.321. The Balaban J connectivity index is 1.86. The van der Waals surface area contributed by atoms with E-state index in [0.29, 0.717) is 6.04 Å². The first-order chi connectivity index (χ1) is 11.6. The molecule has 0 saturated carbocycles. The van der Waals surface area contributed by atoms with Gasteiger partial charge in [0.1, 0.15) is 5.82 Å². The van der Waals surface area contributed by atoms with Gasteiger partial charge in [-0.3, -0.25) is 4.98 Å². The molecule has 24 heavy (non-hydrogen) atoms. The summed E-state index contributed by atoms with van der Waals surface area (Å²) in [6.07, 6.45) is 7.65. The first-order valence-corrected chi connectivity index (χ1v) is 8.23. The molecule has 2 aromatic heterocycles. The first kappa shape index (κ1) is 16.4. The molecule has 0 aliphatic heterocycles. The summed E-state index contributed by atoms with van der Waals surface area (Å²) in [4.78, 5) is 10.9. The van der Waals surface area contributed by atoms with Crippen molar-refractivity contribution in [1.29, 1.82) is 0 Å². The van der Waals surface area contributed by atoms with Gasteiger partial charge < -0.3 is 9.47 Å². The molecule has 0 aliphatic rings. The number of hydrogen-bond donors (Lipinski definition) is 0. The van der Waals surface area contributed by atoms with E-state index in [1.807, 2.05) is 24.8 Å². The molecule has 0 radical (unpaired) electrons. The Kier molecular flexibility index (Phi) is 4.76. The molecule has 4 nitrogen and oxygen atoms in total. The highest BCUT2D eigenvalue weighted by Gasteiger charge is 2.10. The fourth-order valence-electron chi connectivity index (χ4n) is 2.77. The van der Waals surface area contributed by atoms with Gasteiger partial charge in [-0.2, -0.15) is 0 Å². The molecule has 0 amide bonds. The minimum atomic E-state index is 0.401. The molecule has 1 unspecified atom stereocenters. The maximum atomic E-state index is 4.56. The number of nitrogens with zero attached hydrogens (tertiary/aromatic N) is 4. The van der Waals surface area contributed by atoms with Crippen molar-refractivity contribution in [3.63, 3.8) is 0 Å². The summed E-state index contributed by atoms with van der Waals surface area (Å²) in [5.41, 5.74) is 4.92. The number of hydrogen-bond acceptors (Lipinski definition) is 3. The lowest BCUT2D eigenvalue weighted by Crippen LogP contribution is -2.16. The Labute approximate surface area is 143 Å². The molecule has 0 N–H and O–H groups in total. The summed E-state index contributed by atoms with van der Waals surface area (Å²) in [5.74, 6) is 0.996. The summed E-state index contributed by atoms with van der Waals surface area (Å²) < 4.78 is 2.19. The van der Waals surface area contributed by atoms with Crippen molar-refractivity contribution in [2.75, 3.05) is 14.1 Å². The number of pyridine rings is 1. The summed E-state index contributed by atoms with van der Waals surface area (Å²) in [6.45, 7) is 5.11.